The number of epoxide rings is 1. The highest BCUT2D eigenvalue weighted by molar-refractivity contribution is 14.1. The molecule has 1 fully saturated rings. The van der Waals surface area contributed by atoms with E-state index < -0.39 is 8.07 Å². The van der Waals surface area contributed by atoms with Gasteiger partial charge >= 0.3 is 0 Å². The third kappa shape index (κ3) is 2.64. The Labute approximate surface area is 157 Å². The number of halogens is 1. The number of hydrogen-bond donors (Lipinski definition) is 0. The summed E-state index contributed by atoms with van der Waals surface area (Å²) in [5.74, 6) is 0. The van der Waals surface area contributed by atoms with Crippen molar-refractivity contribution in [3.8, 4) is 0 Å². The number of hydrogen-bond acceptors (Lipinski definition) is 1. The van der Waals surface area contributed by atoms with Gasteiger partial charge in [-0.2, -0.15) is 0 Å². The SMILES string of the molecule is IC[C@H]1O[C@@H]1[Si](c1ccccc1)(c1ccccc1)c1ccccc1. The molecule has 24 heavy (non-hydrogen) atoms. The molecule has 1 nitrogen and oxygen atoms in total. The van der Waals surface area contributed by atoms with Crippen molar-refractivity contribution >= 4 is 46.2 Å². The molecule has 1 saturated heterocycles. The Morgan fingerprint density at radius 2 is 1.04 bits per heavy atom. The maximum atomic E-state index is 6.25. The predicted octanol–water partition coefficient (Wildman–Crippen LogP) is 2.90. The average molecular weight is 442 g/mol. The summed E-state index contributed by atoms with van der Waals surface area (Å²) in [6, 6.07) is 33.0. The first kappa shape index (κ1) is 16.1. The molecule has 0 aliphatic carbocycles. The van der Waals surface area contributed by atoms with Gasteiger partial charge in [0.2, 0.25) is 0 Å². The van der Waals surface area contributed by atoms with Crippen LogP contribution in [0.15, 0.2) is 91.0 Å². The van der Waals surface area contributed by atoms with Gasteiger partial charge < -0.3 is 4.74 Å². The summed E-state index contributed by atoms with van der Waals surface area (Å²) in [4.78, 5) is 0. The number of alkyl halides is 1. The zero-order chi connectivity index (χ0) is 16.4. The van der Waals surface area contributed by atoms with E-state index in [-0.39, 0.29) is 0 Å². The van der Waals surface area contributed by atoms with Crippen LogP contribution in [-0.2, 0) is 4.74 Å². The molecule has 3 aromatic carbocycles. The number of ether oxygens (including phenoxy) is 1. The van der Waals surface area contributed by atoms with E-state index in [4.69, 9.17) is 4.74 Å². The van der Waals surface area contributed by atoms with E-state index in [2.05, 4.69) is 114 Å². The fourth-order valence-electron chi connectivity index (χ4n) is 3.74. The largest absolute Gasteiger partial charge is 0.371 e. The summed E-state index contributed by atoms with van der Waals surface area (Å²) in [6.45, 7) is 0. The number of rotatable bonds is 5. The van der Waals surface area contributed by atoms with E-state index in [0.29, 0.717) is 11.8 Å². The van der Waals surface area contributed by atoms with E-state index in [1.54, 1.807) is 0 Å². The van der Waals surface area contributed by atoms with Gasteiger partial charge in [-0.15, -0.1) is 0 Å². The van der Waals surface area contributed by atoms with Crippen molar-refractivity contribution in [2.45, 2.75) is 11.8 Å². The Morgan fingerprint density at radius 1 is 0.667 bits per heavy atom. The van der Waals surface area contributed by atoms with Crippen molar-refractivity contribution < 1.29 is 4.74 Å². The first-order valence-electron chi connectivity index (χ1n) is 8.25. The van der Waals surface area contributed by atoms with Crippen molar-refractivity contribution in [2.24, 2.45) is 0 Å². The molecule has 1 aliphatic heterocycles. The van der Waals surface area contributed by atoms with Gasteiger partial charge in [-0.25, -0.2) is 0 Å². The van der Waals surface area contributed by atoms with Crippen molar-refractivity contribution in [3.05, 3.63) is 91.0 Å². The molecule has 0 aromatic heterocycles. The molecule has 3 aromatic rings. The van der Waals surface area contributed by atoms with Crippen LogP contribution in [0.25, 0.3) is 0 Å². The molecule has 0 radical (unpaired) electrons. The summed E-state index contributed by atoms with van der Waals surface area (Å²) < 4.78 is 7.29. The van der Waals surface area contributed by atoms with Gasteiger partial charge in [0, 0.05) is 4.43 Å². The van der Waals surface area contributed by atoms with Crippen molar-refractivity contribution in [1.29, 1.82) is 0 Å². The Morgan fingerprint density at radius 3 is 1.33 bits per heavy atom. The Balaban J connectivity index is 2.00. The molecule has 0 bridgehead atoms. The van der Waals surface area contributed by atoms with Gasteiger partial charge in [-0.1, -0.05) is 114 Å². The fourth-order valence-corrected chi connectivity index (χ4v) is 10.1. The molecule has 1 aliphatic rings. The minimum absolute atomic E-state index is 0.307. The minimum atomic E-state index is -2.20. The molecule has 4 rings (SSSR count). The third-order valence-corrected chi connectivity index (χ3v) is 10.8. The molecule has 120 valence electrons. The lowest BCUT2D eigenvalue weighted by Gasteiger charge is -2.32. The zero-order valence-electron chi connectivity index (χ0n) is 13.3. The van der Waals surface area contributed by atoms with Crippen molar-refractivity contribution in [2.75, 3.05) is 4.43 Å². The molecule has 0 unspecified atom stereocenters. The second-order valence-electron chi connectivity index (χ2n) is 6.16. The predicted molar refractivity (Wildman–Crippen MR) is 112 cm³/mol. The van der Waals surface area contributed by atoms with Crippen LogP contribution in [0.1, 0.15) is 0 Å². The summed E-state index contributed by atoms with van der Waals surface area (Å²) in [5, 5.41) is 4.29. The minimum Gasteiger partial charge on any atom is -0.371 e. The second kappa shape index (κ2) is 6.82. The van der Waals surface area contributed by atoms with Crippen LogP contribution in [0.5, 0.6) is 0 Å². The highest BCUT2D eigenvalue weighted by atomic mass is 127. The number of benzene rings is 3. The van der Waals surface area contributed by atoms with Crippen LogP contribution >= 0.6 is 22.6 Å². The lowest BCUT2D eigenvalue weighted by Crippen LogP contribution is -2.71. The van der Waals surface area contributed by atoms with Gasteiger partial charge in [0.25, 0.3) is 0 Å². The molecular weight excluding hydrogens is 423 g/mol. The molecule has 3 heteroatoms. The van der Waals surface area contributed by atoms with Gasteiger partial charge in [0.15, 0.2) is 8.07 Å². The van der Waals surface area contributed by atoms with Crippen molar-refractivity contribution in [1.82, 2.24) is 0 Å². The summed E-state index contributed by atoms with van der Waals surface area (Å²) >= 11 is 2.45. The molecule has 0 N–H and O–H groups in total. The highest BCUT2D eigenvalue weighted by Crippen LogP contribution is 2.32. The van der Waals surface area contributed by atoms with E-state index in [0.717, 1.165) is 4.43 Å². The third-order valence-electron chi connectivity index (χ3n) is 4.85. The van der Waals surface area contributed by atoms with Crippen LogP contribution in [0, 0.1) is 0 Å². The standard InChI is InChI=1S/C21H19IOSi/c22-16-20-21(23-20)24(17-10-4-1-5-11-17,18-12-6-2-7-13-18)19-14-8-3-9-15-19/h1-15,20-21H,16H2/t20-,21-/m1/s1. The summed E-state index contributed by atoms with van der Waals surface area (Å²) in [6.07, 6.45) is 0.359. The fraction of sp³-hybridized carbons (Fsp3) is 0.143. The molecule has 0 spiro atoms. The van der Waals surface area contributed by atoms with Crippen LogP contribution in [0.4, 0.5) is 0 Å². The molecule has 0 amide bonds. The highest BCUT2D eigenvalue weighted by Gasteiger charge is 2.58. The van der Waals surface area contributed by atoms with E-state index >= 15 is 0 Å². The van der Waals surface area contributed by atoms with Gasteiger partial charge in [-0.05, 0) is 15.6 Å². The van der Waals surface area contributed by atoms with Crippen LogP contribution < -0.4 is 15.6 Å². The van der Waals surface area contributed by atoms with Crippen molar-refractivity contribution in [3.63, 3.8) is 0 Å². The van der Waals surface area contributed by atoms with Crippen LogP contribution in [-0.4, -0.2) is 24.3 Å². The second-order valence-corrected chi connectivity index (χ2v) is 11.0. The zero-order valence-corrected chi connectivity index (χ0v) is 16.5. The normalized spacial score (nSPS) is 19.9. The van der Waals surface area contributed by atoms with E-state index in [1.165, 1.54) is 15.6 Å². The lowest BCUT2D eigenvalue weighted by molar-refractivity contribution is 0.412. The maximum Gasteiger partial charge on any atom is 0.182 e. The molecule has 2 atom stereocenters. The Bertz CT molecular complexity index is 695. The summed E-state index contributed by atoms with van der Waals surface area (Å²) in [7, 11) is -2.20. The molecule has 1 heterocycles. The maximum absolute atomic E-state index is 6.25. The lowest BCUT2D eigenvalue weighted by atomic mass is 10.3. The van der Waals surface area contributed by atoms with Crippen LogP contribution in [0.2, 0.25) is 0 Å². The smallest absolute Gasteiger partial charge is 0.182 e. The van der Waals surface area contributed by atoms with Gasteiger partial charge in [0.1, 0.15) is 0 Å². The first-order valence-corrected chi connectivity index (χ1v) is 11.9. The Hall–Kier alpha value is -1.43. The van der Waals surface area contributed by atoms with Crippen LogP contribution in [0.3, 0.4) is 0 Å². The quantitative estimate of drug-likeness (QED) is 0.195. The molecule has 0 saturated carbocycles. The van der Waals surface area contributed by atoms with E-state index in [1.807, 2.05) is 0 Å². The Kier molecular flexibility index (Phi) is 4.56. The topological polar surface area (TPSA) is 12.5 Å². The first-order chi connectivity index (χ1) is 11.9. The average Bonchev–Trinajstić information content (AvgIpc) is 3.45. The monoisotopic (exact) mass is 442 g/mol. The van der Waals surface area contributed by atoms with Gasteiger partial charge in [-0.3, -0.25) is 0 Å². The van der Waals surface area contributed by atoms with E-state index in [9.17, 15) is 0 Å². The molecular formula is C21H19IOSi. The summed E-state index contributed by atoms with van der Waals surface area (Å²) in [5.41, 5.74) is 0.307. The van der Waals surface area contributed by atoms with Gasteiger partial charge in [0.05, 0.1) is 11.8 Å².